The van der Waals surface area contributed by atoms with E-state index in [0.717, 1.165) is 78.9 Å². The average molecular weight is 723 g/mol. The molecule has 260 valence electrons. The lowest BCUT2D eigenvalue weighted by molar-refractivity contribution is 0.426. The van der Waals surface area contributed by atoms with Gasteiger partial charge < -0.3 is 19.5 Å². The molecular weight excluding hydrogens is 691 g/mol. The van der Waals surface area contributed by atoms with Crippen molar-refractivity contribution in [1.82, 2.24) is 9.97 Å². The molecule has 8 heteroatoms. The molecule has 0 aliphatic carbocycles. The summed E-state index contributed by atoms with van der Waals surface area (Å²) in [6.45, 7) is 0. The predicted octanol–water partition coefficient (Wildman–Crippen LogP) is 10.7. The molecule has 0 amide bonds. The van der Waals surface area contributed by atoms with Crippen LogP contribution in [0.25, 0.3) is 55.9 Å². The molecule has 0 radical (unpaired) electrons. The number of benzene rings is 6. The molecule has 0 unspecified atom stereocenters. The summed E-state index contributed by atoms with van der Waals surface area (Å²) < 4.78 is 12.2. The predicted molar refractivity (Wildman–Crippen MR) is 217 cm³/mol. The molecule has 0 saturated heterocycles. The highest BCUT2D eigenvalue weighted by molar-refractivity contribution is 6.58. The number of fused-ring (bicyclic) bond motifs is 10. The van der Waals surface area contributed by atoms with Gasteiger partial charge in [-0.05, 0) is 59.6 Å². The number of para-hydroxylation sites is 4. The summed E-state index contributed by atoms with van der Waals surface area (Å²) in [5.74, 6) is 3.34. The van der Waals surface area contributed by atoms with Gasteiger partial charge >= 0.3 is 7.12 Å². The number of halogens is 1. The van der Waals surface area contributed by atoms with E-state index in [-0.39, 0.29) is 0 Å². The van der Waals surface area contributed by atoms with E-state index in [1.807, 2.05) is 121 Å². The second kappa shape index (κ2) is 15.6. The molecule has 4 heterocycles. The van der Waals surface area contributed by atoms with Gasteiger partial charge in [-0.2, -0.15) is 0 Å². The van der Waals surface area contributed by atoms with Gasteiger partial charge in [0.05, 0.1) is 16.4 Å². The molecule has 6 nitrogen and oxygen atoms in total. The Morgan fingerprint density at radius 3 is 1.31 bits per heavy atom. The van der Waals surface area contributed by atoms with Crippen LogP contribution in [0.15, 0.2) is 182 Å². The van der Waals surface area contributed by atoms with Crippen molar-refractivity contribution in [2.45, 2.75) is 0 Å². The fraction of sp³-hybridized carbons (Fsp3) is 0. The van der Waals surface area contributed by atoms with E-state index in [2.05, 4.69) is 35.3 Å². The van der Waals surface area contributed by atoms with Crippen molar-refractivity contribution in [2.24, 2.45) is 0 Å². The summed E-state index contributed by atoms with van der Waals surface area (Å²) in [7, 11) is -1.34. The Kier molecular flexibility index (Phi) is 10.0. The summed E-state index contributed by atoms with van der Waals surface area (Å²) in [5, 5.41) is 17.8. The largest absolute Gasteiger partial charge is 0.488 e. The van der Waals surface area contributed by atoms with Gasteiger partial charge in [-0.1, -0.05) is 133 Å². The average Bonchev–Trinajstić information content (AvgIpc) is 3.46. The third-order valence-electron chi connectivity index (χ3n) is 9.03. The lowest BCUT2D eigenvalue weighted by Crippen LogP contribution is -2.29. The molecule has 8 aromatic rings. The lowest BCUT2D eigenvalue weighted by Gasteiger charge is -2.10. The number of pyridine rings is 2. The minimum Gasteiger partial charge on any atom is -0.456 e. The highest BCUT2D eigenvalue weighted by Gasteiger charge is 2.23. The summed E-state index contributed by atoms with van der Waals surface area (Å²) in [5.41, 5.74) is 10.8. The molecule has 0 saturated carbocycles. The molecule has 2 aliphatic heterocycles. The highest BCUT2D eigenvalue weighted by Crippen LogP contribution is 2.47. The zero-order valence-corrected chi connectivity index (χ0v) is 29.6. The Balaban J connectivity index is 0.000000127. The van der Waals surface area contributed by atoms with E-state index in [0.29, 0.717) is 10.5 Å². The van der Waals surface area contributed by atoms with Crippen LogP contribution in [0, 0.1) is 0 Å². The van der Waals surface area contributed by atoms with E-state index in [1.165, 1.54) is 0 Å². The molecule has 0 bridgehead atoms. The number of hydrogen-bond acceptors (Lipinski definition) is 6. The summed E-state index contributed by atoms with van der Waals surface area (Å²) >= 11 is 6.12. The van der Waals surface area contributed by atoms with Crippen LogP contribution in [0.3, 0.4) is 0 Å². The quantitative estimate of drug-likeness (QED) is 0.173. The van der Waals surface area contributed by atoms with Gasteiger partial charge in [-0.15, -0.1) is 0 Å². The Morgan fingerprint density at radius 1 is 0.407 bits per heavy atom. The van der Waals surface area contributed by atoms with Crippen LogP contribution in [-0.2, 0) is 0 Å². The fourth-order valence-electron chi connectivity index (χ4n) is 6.45. The normalized spacial score (nSPS) is 11.2. The van der Waals surface area contributed by atoms with E-state index in [1.54, 1.807) is 30.5 Å². The number of hydrogen-bond donors (Lipinski definition) is 2. The van der Waals surface area contributed by atoms with Crippen molar-refractivity contribution in [2.75, 3.05) is 0 Å². The van der Waals surface area contributed by atoms with Crippen LogP contribution in [0.5, 0.6) is 23.0 Å². The second-order valence-electron chi connectivity index (χ2n) is 12.5. The van der Waals surface area contributed by atoms with Crippen LogP contribution in [0.1, 0.15) is 0 Å². The highest BCUT2D eigenvalue weighted by atomic mass is 35.5. The first-order chi connectivity index (χ1) is 26.5. The number of nitrogens with zero attached hydrogens (tertiary/aromatic N) is 2. The molecule has 0 fully saturated rings. The van der Waals surface area contributed by atoms with E-state index >= 15 is 0 Å². The smallest absolute Gasteiger partial charge is 0.456 e. The molecule has 2 aliphatic rings. The van der Waals surface area contributed by atoms with Gasteiger partial charge in [-0.25, -0.2) is 0 Å². The van der Waals surface area contributed by atoms with Gasteiger partial charge in [0, 0.05) is 51.3 Å². The summed E-state index contributed by atoms with van der Waals surface area (Å²) in [6, 6.07) is 55.2. The Labute approximate surface area is 318 Å². The third kappa shape index (κ3) is 7.25. The maximum absolute atomic E-state index is 8.58. The number of aromatic nitrogens is 2. The van der Waals surface area contributed by atoms with Gasteiger partial charge in [0.15, 0.2) is 0 Å². The fourth-order valence-corrected chi connectivity index (χ4v) is 6.61. The maximum atomic E-state index is 8.58. The summed E-state index contributed by atoms with van der Waals surface area (Å²) in [6.07, 6.45) is 3.62. The first-order valence-electron chi connectivity index (χ1n) is 17.4. The standard InChI is InChI=1S/C23H15NO.C17H10ClNO.C6H7BO2/c1-2-8-16(9-3-1)17-14-20-18-10-4-6-12-21(18)25-22-13-7-5-11-19(22)23(20)24-15-17;18-11-9-14-12-5-1-3-7-15(12)20-16-8-4-2-6-13(16)17(14)19-10-11;8-7(9)6-4-2-1-3-5-6/h1-15H;1-10H;1-5,8-9H. The van der Waals surface area contributed by atoms with Crippen LogP contribution >= 0.6 is 11.6 Å². The molecule has 0 atom stereocenters. The zero-order chi connectivity index (χ0) is 36.9. The monoisotopic (exact) mass is 722 g/mol. The first kappa shape index (κ1) is 34.6. The lowest BCUT2D eigenvalue weighted by atomic mass is 9.81. The Bertz CT molecular complexity index is 2570. The molecule has 54 heavy (non-hydrogen) atoms. The van der Waals surface area contributed by atoms with E-state index in [9.17, 15) is 0 Å². The Hall–Kier alpha value is -6.51. The molecule has 2 aromatic heterocycles. The van der Waals surface area contributed by atoms with Crippen LogP contribution in [0.4, 0.5) is 0 Å². The Morgan fingerprint density at radius 2 is 0.815 bits per heavy atom. The van der Waals surface area contributed by atoms with Crippen molar-refractivity contribution in [3.05, 3.63) is 187 Å². The minimum absolute atomic E-state index is 0.525. The van der Waals surface area contributed by atoms with Gasteiger partial charge in [0.2, 0.25) is 0 Å². The van der Waals surface area contributed by atoms with Crippen molar-refractivity contribution < 1.29 is 19.5 Å². The van der Waals surface area contributed by atoms with Gasteiger partial charge in [-0.3, -0.25) is 9.97 Å². The second-order valence-corrected chi connectivity index (χ2v) is 12.9. The zero-order valence-electron chi connectivity index (χ0n) is 28.9. The van der Waals surface area contributed by atoms with Gasteiger partial charge in [0.25, 0.3) is 0 Å². The van der Waals surface area contributed by atoms with Crippen molar-refractivity contribution in [3.63, 3.8) is 0 Å². The van der Waals surface area contributed by atoms with Crippen molar-refractivity contribution in [3.8, 4) is 78.9 Å². The van der Waals surface area contributed by atoms with Crippen molar-refractivity contribution >= 4 is 24.2 Å². The number of ether oxygens (including phenoxy) is 2. The van der Waals surface area contributed by atoms with Crippen LogP contribution in [0.2, 0.25) is 5.02 Å². The topological polar surface area (TPSA) is 84.7 Å². The van der Waals surface area contributed by atoms with Crippen molar-refractivity contribution in [1.29, 1.82) is 0 Å². The maximum Gasteiger partial charge on any atom is 0.488 e. The van der Waals surface area contributed by atoms with E-state index < -0.39 is 7.12 Å². The molecule has 6 aromatic carbocycles. The van der Waals surface area contributed by atoms with Crippen LogP contribution in [-0.4, -0.2) is 27.1 Å². The molecule has 2 N–H and O–H groups in total. The molecular formula is C46H32BClN2O4. The summed E-state index contributed by atoms with van der Waals surface area (Å²) in [4.78, 5) is 9.32. The minimum atomic E-state index is -1.34. The SMILES string of the molecule is Clc1cnc2c(c1)-c1ccccc1Oc1ccccc1-2.OB(O)c1ccccc1.c1ccc(-c2cnc3c(c2)-c2ccccc2Oc2ccccc2-3)cc1. The van der Waals surface area contributed by atoms with Gasteiger partial charge in [0.1, 0.15) is 23.0 Å². The number of rotatable bonds is 2. The first-order valence-corrected chi connectivity index (χ1v) is 17.8. The third-order valence-corrected chi connectivity index (χ3v) is 9.23. The molecule has 10 rings (SSSR count). The van der Waals surface area contributed by atoms with E-state index in [4.69, 9.17) is 36.1 Å². The van der Waals surface area contributed by atoms with Crippen LogP contribution < -0.4 is 14.9 Å². The molecule has 0 spiro atoms.